The number of rotatable bonds is 7. The standard InChI is InChI=1S/C19H18Cl2N2O4/c1-26-14-6-2-12(3-7-14)10-23(13-4-5-13)17(24)11-27-19(25)18-15(20)8-9-16(21)22-18/h2-3,6-9,13H,4-5,10-11H2,1H3. The van der Waals surface area contributed by atoms with Crippen LogP contribution in [-0.4, -0.2) is 41.5 Å². The van der Waals surface area contributed by atoms with E-state index in [0.717, 1.165) is 24.2 Å². The van der Waals surface area contributed by atoms with E-state index in [1.165, 1.54) is 12.1 Å². The molecule has 27 heavy (non-hydrogen) atoms. The predicted octanol–water partition coefficient (Wildman–Crippen LogP) is 3.75. The molecule has 1 heterocycles. The second kappa shape index (κ2) is 8.59. The number of hydrogen-bond donors (Lipinski definition) is 0. The van der Waals surface area contributed by atoms with Crippen LogP contribution in [0, 0.1) is 0 Å². The van der Waals surface area contributed by atoms with Gasteiger partial charge in [-0.1, -0.05) is 35.3 Å². The Hall–Kier alpha value is -2.31. The summed E-state index contributed by atoms with van der Waals surface area (Å²) >= 11 is 11.7. The Balaban J connectivity index is 1.61. The first-order valence-electron chi connectivity index (χ1n) is 8.39. The van der Waals surface area contributed by atoms with Crippen molar-refractivity contribution in [1.82, 2.24) is 9.88 Å². The van der Waals surface area contributed by atoms with Gasteiger partial charge in [-0.25, -0.2) is 9.78 Å². The maximum atomic E-state index is 12.6. The van der Waals surface area contributed by atoms with Crippen LogP contribution in [0.4, 0.5) is 0 Å². The number of ether oxygens (including phenoxy) is 2. The molecule has 1 fully saturated rings. The van der Waals surface area contributed by atoms with E-state index in [2.05, 4.69) is 4.98 Å². The van der Waals surface area contributed by atoms with Gasteiger partial charge in [-0.2, -0.15) is 0 Å². The van der Waals surface area contributed by atoms with Crippen LogP contribution in [0.25, 0.3) is 0 Å². The third kappa shape index (κ3) is 5.11. The number of halogens is 2. The Kier molecular flexibility index (Phi) is 6.19. The summed E-state index contributed by atoms with van der Waals surface area (Å²) in [5, 5.41) is 0.242. The van der Waals surface area contributed by atoms with Gasteiger partial charge in [0.2, 0.25) is 0 Å². The second-order valence-electron chi connectivity index (χ2n) is 6.14. The number of hydrogen-bond acceptors (Lipinski definition) is 5. The van der Waals surface area contributed by atoms with E-state index >= 15 is 0 Å². The van der Waals surface area contributed by atoms with Crippen LogP contribution in [-0.2, 0) is 16.1 Å². The van der Waals surface area contributed by atoms with Crippen LogP contribution in [0.2, 0.25) is 10.2 Å². The van der Waals surface area contributed by atoms with E-state index in [1.807, 2.05) is 24.3 Å². The molecule has 2 aromatic rings. The Labute approximate surface area is 167 Å². The van der Waals surface area contributed by atoms with Gasteiger partial charge in [0.1, 0.15) is 10.9 Å². The van der Waals surface area contributed by atoms with Gasteiger partial charge < -0.3 is 14.4 Å². The minimum absolute atomic E-state index is 0.106. The number of methoxy groups -OCH3 is 1. The van der Waals surface area contributed by atoms with Crippen molar-refractivity contribution < 1.29 is 19.1 Å². The normalized spacial score (nSPS) is 13.1. The van der Waals surface area contributed by atoms with Crippen molar-refractivity contribution in [2.24, 2.45) is 0 Å². The average molecular weight is 409 g/mol. The maximum absolute atomic E-state index is 12.6. The molecule has 1 aromatic carbocycles. The van der Waals surface area contributed by atoms with E-state index < -0.39 is 5.97 Å². The lowest BCUT2D eigenvalue weighted by atomic mass is 10.2. The van der Waals surface area contributed by atoms with Crippen molar-refractivity contribution in [3.63, 3.8) is 0 Å². The fraction of sp³-hybridized carbons (Fsp3) is 0.316. The van der Waals surface area contributed by atoms with Gasteiger partial charge >= 0.3 is 5.97 Å². The van der Waals surface area contributed by atoms with Crippen LogP contribution in [0.1, 0.15) is 28.9 Å². The third-order valence-corrected chi connectivity index (χ3v) is 4.67. The SMILES string of the molecule is COc1ccc(CN(C(=O)COC(=O)c2nc(Cl)ccc2Cl)C2CC2)cc1. The highest BCUT2D eigenvalue weighted by molar-refractivity contribution is 6.34. The molecule has 1 amide bonds. The van der Waals surface area contributed by atoms with Crippen molar-refractivity contribution >= 4 is 35.1 Å². The van der Waals surface area contributed by atoms with Crippen molar-refractivity contribution in [2.45, 2.75) is 25.4 Å². The van der Waals surface area contributed by atoms with E-state index in [1.54, 1.807) is 12.0 Å². The van der Waals surface area contributed by atoms with Gasteiger partial charge in [-0.05, 0) is 42.7 Å². The molecule has 0 N–H and O–H groups in total. The molecule has 1 aliphatic rings. The summed E-state index contributed by atoms with van der Waals surface area (Å²) < 4.78 is 10.2. The molecule has 1 aromatic heterocycles. The number of pyridine rings is 1. The van der Waals surface area contributed by atoms with Crippen LogP contribution in [0.3, 0.4) is 0 Å². The summed E-state index contributed by atoms with van der Waals surface area (Å²) in [6, 6.07) is 10.6. The first-order valence-corrected chi connectivity index (χ1v) is 9.15. The van der Waals surface area contributed by atoms with Gasteiger partial charge in [0.05, 0.1) is 12.1 Å². The molecule has 3 rings (SSSR count). The molecule has 0 spiro atoms. The highest BCUT2D eigenvalue weighted by Crippen LogP contribution is 2.29. The Morgan fingerprint density at radius 2 is 1.85 bits per heavy atom. The summed E-state index contributed by atoms with van der Waals surface area (Å²) in [4.78, 5) is 30.3. The second-order valence-corrected chi connectivity index (χ2v) is 6.94. The van der Waals surface area contributed by atoms with Gasteiger partial charge in [-0.15, -0.1) is 0 Å². The van der Waals surface area contributed by atoms with E-state index in [-0.39, 0.29) is 34.4 Å². The smallest absolute Gasteiger partial charge is 0.359 e. The van der Waals surface area contributed by atoms with E-state index in [9.17, 15) is 9.59 Å². The monoisotopic (exact) mass is 408 g/mol. The molecule has 8 heteroatoms. The molecule has 0 bridgehead atoms. The predicted molar refractivity (Wildman–Crippen MR) is 101 cm³/mol. The molecular weight excluding hydrogens is 391 g/mol. The average Bonchev–Trinajstić information content (AvgIpc) is 3.51. The molecule has 0 unspecified atom stereocenters. The van der Waals surface area contributed by atoms with Crippen molar-refractivity contribution in [3.8, 4) is 5.75 Å². The number of aromatic nitrogens is 1. The summed E-state index contributed by atoms with van der Waals surface area (Å²) in [7, 11) is 1.60. The Morgan fingerprint density at radius 1 is 1.15 bits per heavy atom. The lowest BCUT2D eigenvalue weighted by Gasteiger charge is -2.22. The van der Waals surface area contributed by atoms with Crippen molar-refractivity contribution in [2.75, 3.05) is 13.7 Å². The highest BCUT2D eigenvalue weighted by atomic mass is 35.5. The number of benzene rings is 1. The highest BCUT2D eigenvalue weighted by Gasteiger charge is 2.33. The van der Waals surface area contributed by atoms with Crippen molar-refractivity contribution in [3.05, 3.63) is 57.8 Å². The topological polar surface area (TPSA) is 68.7 Å². The van der Waals surface area contributed by atoms with Gasteiger partial charge in [-0.3, -0.25) is 4.79 Å². The fourth-order valence-corrected chi connectivity index (χ4v) is 2.90. The molecule has 1 saturated carbocycles. The fourth-order valence-electron chi connectivity index (χ4n) is 2.57. The maximum Gasteiger partial charge on any atom is 0.359 e. The number of carbonyl (C=O) groups is 2. The third-order valence-electron chi connectivity index (χ3n) is 4.15. The molecule has 0 saturated heterocycles. The first-order chi connectivity index (χ1) is 13.0. The molecule has 6 nitrogen and oxygen atoms in total. The van der Waals surface area contributed by atoms with E-state index in [4.69, 9.17) is 32.7 Å². The lowest BCUT2D eigenvalue weighted by molar-refractivity contribution is -0.135. The quantitative estimate of drug-likeness (QED) is 0.515. The molecule has 1 aliphatic carbocycles. The zero-order chi connectivity index (χ0) is 19.4. The number of amides is 1. The molecule has 0 radical (unpaired) electrons. The lowest BCUT2D eigenvalue weighted by Crippen LogP contribution is -2.36. The minimum Gasteiger partial charge on any atom is -0.497 e. The summed E-state index contributed by atoms with van der Waals surface area (Å²) in [6.45, 7) is 0.0667. The van der Waals surface area contributed by atoms with Gasteiger partial charge in [0.15, 0.2) is 12.3 Å². The minimum atomic E-state index is -0.781. The summed E-state index contributed by atoms with van der Waals surface area (Å²) in [6.07, 6.45) is 1.88. The Bertz CT molecular complexity index is 838. The molecule has 0 atom stereocenters. The summed E-state index contributed by atoms with van der Waals surface area (Å²) in [5.41, 5.74) is 0.868. The Morgan fingerprint density at radius 3 is 2.48 bits per heavy atom. The van der Waals surface area contributed by atoms with Crippen molar-refractivity contribution in [1.29, 1.82) is 0 Å². The first kappa shape index (κ1) is 19.5. The number of nitrogens with zero attached hydrogens (tertiary/aromatic N) is 2. The summed E-state index contributed by atoms with van der Waals surface area (Å²) in [5.74, 6) is -0.293. The van der Waals surface area contributed by atoms with E-state index in [0.29, 0.717) is 6.54 Å². The van der Waals surface area contributed by atoms with Gasteiger partial charge in [0, 0.05) is 12.6 Å². The van der Waals surface area contributed by atoms with Crippen LogP contribution in [0.15, 0.2) is 36.4 Å². The molecule has 0 aliphatic heterocycles. The molecular formula is C19H18Cl2N2O4. The molecule has 142 valence electrons. The van der Waals surface area contributed by atoms with Crippen LogP contribution >= 0.6 is 23.2 Å². The zero-order valence-corrected chi connectivity index (χ0v) is 16.2. The number of esters is 1. The largest absolute Gasteiger partial charge is 0.497 e. The van der Waals surface area contributed by atoms with Crippen LogP contribution in [0.5, 0.6) is 5.75 Å². The van der Waals surface area contributed by atoms with Gasteiger partial charge in [0.25, 0.3) is 5.91 Å². The zero-order valence-electron chi connectivity index (χ0n) is 14.7. The van der Waals surface area contributed by atoms with Crippen LogP contribution < -0.4 is 4.74 Å². The number of carbonyl (C=O) groups excluding carboxylic acids is 2.